The maximum atomic E-state index is 12.1. The number of carbonyl (C=O) groups is 1. The highest BCUT2D eigenvalue weighted by Gasteiger charge is 2.05. The van der Waals surface area contributed by atoms with Crippen LogP contribution in [0.15, 0.2) is 78.9 Å². The molecule has 0 aromatic heterocycles. The Morgan fingerprint density at radius 3 is 2.11 bits per heavy atom. The zero-order chi connectivity index (χ0) is 19.6. The highest BCUT2D eigenvalue weighted by atomic mass is 16.5. The molecule has 1 amide bonds. The Balaban J connectivity index is 1.43. The average molecular weight is 375 g/mol. The second kappa shape index (κ2) is 10.2. The van der Waals surface area contributed by atoms with E-state index < -0.39 is 0 Å². The quantitative estimate of drug-likeness (QED) is 0.557. The summed E-state index contributed by atoms with van der Waals surface area (Å²) in [6, 6.07) is 25.2. The molecule has 0 saturated heterocycles. The van der Waals surface area contributed by atoms with E-state index in [1.165, 1.54) is 5.56 Å². The number of carbonyl (C=O) groups excluding carboxylic acids is 1. The summed E-state index contributed by atoms with van der Waals surface area (Å²) in [6.45, 7) is 2.63. The fraction of sp³-hybridized carbons (Fsp3) is 0.208. The first-order valence-corrected chi connectivity index (χ1v) is 9.51. The summed E-state index contributed by atoms with van der Waals surface area (Å²) in [7, 11) is 0. The van der Waals surface area contributed by atoms with E-state index in [2.05, 4.69) is 12.2 Å². The smallest absolute Gasteiger partial charge is 0.262 e. The fourth-order valence-corrected chi connectivity index (χ4v) is 2.76. The van der Waals surface area contributed by atoms with Gasteiger partial charge in [-0.05, 0) is 53.9 Å². The van der Waals surface area contributed by atoms with Crippen molar-refractivity contribution in [1.29, 1.82) is 0 Å². The van der Waals surface area contributed by atoms with Gasteiger partial charge in [0.25, 0.3) is 5.91 Å². The highest BCUT2D eigenvalue weighted by molar-refractivity contribution is 5.91. The van der Waals surface area contributed by atoms with Gasteiger partial charge in [0.15, 0.2) is 6.61 Å². The van der Waals surface area contributed by atoms with Crippen LogP contribution in [0.4, 0.5) is 5.69 Å². The molecule has 0 unspecified atom stereocenters. The lowest BCUT2D eigenvalue weighted by Gasteiger charge is -2.10. The van der Waals surface area contributed by atoms with E-state index in [0.29, 0.717) is 18.0 Å². The molecule has 0 aliphatic heterocycles. The number of benzene rings is 3. The van der Waals surface area contributed by atoms with Gasteiger partial charge in [0.1, 0.15) is 18.1 Å². The molecule has 0 fully saturated rings. The maximum absolute atomic E-state index is 12.1. The van der Waals surface area contributed by atoms with Crippen molar-refractivity contribution in [3.63, 3.8) is 0 Å². The second-order valence-corrected chi connectivity index (χ2v) is 6.53. The number of hydrogen-bond donors (Lipinski definition) is 1. The van der Waals surface area contributed by atoms with Crippen molar-refractivity contribution in [3.05, 3.63) is 90.0 Å². The van der Waals surface area contributed by atoms with E-state index >= 15 is 0 Å². The summed E-state index contributed by atoms with van der Waals surface area (Å²) >= 11 is 0. The van der Waals surface area contributed by atoms with Gasteiger partial charge in [0.2, 0.25) is 0 Å². The van der Waals surface area contributed by atoms with Crippen molar-refractivity contribution >= 4 is 11.6 Å². The highest BCUT2D eigenvalue weighted by Crippen LogP contribution is 2.17. The van der Waals surface area contributed by atoms with Gasteiger partial charge in [-0.15, -0.1) is 0 Å². The summed E-state index contributed by atoms with van der Waals surface area (Å²) in [4.78, 5) is 12.1. The molecular formula is C24H25NO3. The Kier molecular flexibility index (Phi) is 7.08. The normalized spacial score (nSPS) is 10.3. The molecule has 3 rings (SSSR count). The minimum absolute atomic E-state index is 0.0284. The molecule has 0 heterocycles. The Morgan fingerprint density at radius 1 is 0.786 bits per heavy atom. The van der Waals surface area contributed by atoms with Crippen LogP contribution in [0.25, 0.3) is 0 Å². The number of hydrogen-bond acceptors (Lipinski definition) is 3. The molecule has 0 aliphatic carbocycles. The number of anilines is 1. The van der Waals surface area contributed by atoms with Gasteiger partial charge >= 0.3 is 0 Å². The van der Waals surface area contributed by atoms with E-state index in [1.807, 2.05) is 78.9 Å². The van der Waals surface area contributed by atoms with E-state index in [4.69, 9.17) is 9.47 Å². The average Bonchev–Trinajstić information content (AvgIpc) is 2.74. The van der Waals surface area contributed by atoms with Crippen LogP contribution >= 0.6 is 0 Å². The topological polar surface area (TPSA) is 47.6 Å². The third kappa shape index (κ3) is 6.16. The third-order valence-corrected chi connectivity index (χ3v) is 4.22. The fourth-order valence-electron chi connectivity index (χ4n) is 2.76. The first kappa shape index (κ1) is 19.5. The van der Waals surface area contributed by atoms with Crippen molar-refractivity contribution in [2.75, 3.05) is 11.9 Å². The molecule has 3 aromatic rings. The van der Waals surface area contributed by atoms with Gasteiger partial charge in [0.05, 0.1) is 0 Å². The number of ether oxygens (including phenoxy) is 2. The lowest BCUT2D eigenvalue weighted by atomic mass is 10.1. The molecule has 28 heavy (non-hydrogen) atoms. The van der Waals surface area contributed by atoms with Crippen molar-refractivity contribution in [3.8, 4) is 11.5 Å². The van der Waals surface area contributed by atoms with Crippen molar-refractivity contribution < 1.29 is 14.3 Å². The lowest BCUT2D eigenvalue weighted by Crippen LogP contribution is -2.20. The molecule has 1 N–H and O–H groups in total. The standard InChI is InChI=1S/C24H25NO3/c1-2-6-19-9-13-22(14-10-19)28-18-24(26)25-21-11-15-23(16-12-21)27-17-20-7-4-3-5-8-20/h3-5,7-16H,2,6,17-18H2,1H3,(H,25,26). The Labute approximate surface area is 166 Å². The molecule has 0 saturated carbocycles. The van der Waals surface area contributed by atoms with E-state index in [0.717, 1.165) is 24.2 Å². The van der Waals surface area contributed by atoms with Crippen LogP contribution in [0.5, 0.6) is 11.5 Å². The Hall–Kier alpha value is -3.27. The SMILES string of the molecule is CCCc1ccc(OCC(=O)Nc2ccc(OCc3ccccc3)cc2)cc1. The van der Waals surface area contributed by atoms with Crippen LogP contribution in [0.3, 0.4) is 0 Å². The monoisotopic (exact) mass is 375 g/mol. The van der Waals surface area contributed by atoms with E-state index in [1.54, 1.807) is 0 Å². The predicted molar refractivity (Wildman–Crippen MR) is 112 cm³/mol. The molecule has 0 radical (unpaired) electrons. The van der Waals surface area contributed by atoms with Gasteiger partial charge < -0.3 is 14.8 Å². The van der Waals surface area contributed by atoms with Crippen molar-refractivity contribution in [2.24, 2.45) is 0 Å². The largest absolute Gasteiger partial charge is 0.489 e. The van der Waals surface area contributed by atoms with Crippen molar-refractivity contribution in [1.82, 2.24) is 0 Å². The zero-order valence-electron chi connectivity index (χ0n) is 16.1. The molecule has 144 valence electrons. The predicted octanol–water partition coefficient (Wildman–Crippen LogP) is 5.24. The molecule has 0 aliphatic rings. The first-order chi connectivity index (χ1) is 13.7. The molecule has 0 spiro atoms. The van der Waals surface area contributed by atoms with Crippen LogP contribution in [0, 0.1) is 0 Å². The van der Waals surface area contributed by atoms with Crippen LogP contribution in [0.1, 0.15) is 24.5 Å². The summed E-state index contributed by atoms with van der Waals surface area (Å²) < 4.78 is 11.3. The number of nitrogens with one attached hydrogen (secondary N) is 1. The summed E-state index contributed by atoms with van der Waals surface area (Å²) in [6.07, 6.45) is 2.16. The van der Waals surface area contributed by atoms with Gasteiger partial charge in [-0.2, -0.15) is 0 Å². The summed E-state index contributed by atoms with van der Waals surface area (Å²) in [5.41, 5.74) is 3.09. The second-order valence-electron chi connectivity index (χ2n) is 6.53. The molecule has 4 nitrogen and oxygen atoms in total. The van der Waals surface area contributed by atoms with Crippen LogP contribution < -0.4 is 14.8 Å². The Morgan fingerprint density at radius 2 is 1.43 bits per heavy atom. The molecular weight excluding hydrogens is 350 g/mol. The number of amides is 1. The molecule has 4 heteroatoms. The van der Waals surface area contributed by atoms with Crippen LogP contribution in [0.2, 0.25) is 0 Å². The minimum atomic E-state index is -0.199. The molecule has 0 atom stereocenters. The van der Waals surface area contributed by atoms with Gasteiger partial charge in [-0.25, -0.2) is 0 Å². The number of rotatable bonds is 9. The van der Waals surface area contributed by atoms with E-state index in [-0.39, 0.29) is 12.5 Å². The zero-order valence-corrected chi connectivity index (χ0v) is 16.1. The van der Waals surface area contributed by atoms with Gasteiger partial charge in [-0.3, -0.25) is 4.79 Å². The van der Waals surface area contributed by atoms with Crippen molar-refractivity contribution in [2.45, 2.75) is 26.4 Å². The third-order valence-electron chi connectivity index (χ3n) is 4.22. The molecule has 0 bridgehead atoms. The number of aryl methyl sites for hydroxylation is 1. The Bertz CT molecular complexity index is 859. The maximum Gasteiger partial charge on any atom is 0.262 e. The summed E-state index contributed by atoms with van der Waals surface area (Å²) in [5.74, 6) is 1.25. The van der Waals surface area contributed by atoms with Crippen LogP contribution in [-0.4, -0.2) is 12.5 Å². The lowest BCUT2D eigenvalue weighted by molar-refractivity contribution is -0.118. The van der Waals surface area contributed by atoms with Gasteiger partial charge in [0, 0.05) is 5.69 Å². The minimum Gasteiger partial charge on any atom is -0.489 e. The first-order valence-electron chi connectivity index (χ1n) is 9.51. The molecule has 3 aromatic carbocycles. The summed E-state index contributed by atoms with van der Waals surface area (Å²) in [5, 5.41) is 2.83. The van der Waals surface area contributed by atoms with Crippen LogP contribution in [-0.2, 0) is 17.8 Å². The van der Waals surface area contributed by atoms with Gasteiger partial charge in [-0.1, -0.05) is 55.8 Å². The van der Waals surface area contributed by atoms with E-state index in [9.17, 15) is 4.79 Å².